The van der Waals surface area contributed by atoms with Crippen LogP contribution in [-0.2, 0) is 11.2 Å². The predicted octanol–water partition coefficient (Wildman–Crippen LogP) is 5.42. The fourth-order valence-corrected chi connectivity index (χ4v) is 3.87. The van der Waals surface area contributed by atoms with Crippen LogP contribution in [0.15, 0.2) is 59.6 Å². The summed E-state index contributed by atoms with van der Waals surface area (Å²) in [6.07, 6.45) is 0.249. The van der Waals surface area contributed by atoms with E-state index in [4.69, 9.17) is 9.73 Å². The summed E-state index contributed by atoms with van der Waals surface area (Å²) in [5, 5.41) is 1.07. The van der Waals surface area contributed by atoms with Crippen molar-refractivity contribution in [1.29, 1.82) is 0 Å². The van der Waals surface area contributed by atoms with Gasteiger partial charge in [0.15, 0.2) is 5.75 Å². The summed E-state index contributed by atoms with van der Waals surface area (Å²) < 4.78 is 5.74. The summed E-state index contributed by atoms with van der Waals surface area (Å²) in [6.45, 7) is 8.85. The molecule has 2 aromatic carbocycles. The first-order valence-corrected chi connectivity index (χ1v) is 9.23. The lowest BCUT2D eigenvalue weighted by Gasteiger charge is -2.52. The quantitative estimate of drug-likeness (QED) is 0.544. The molecule has 130 valence electrons. The van der Waals surface area contributed by atoms with Gasteiger partial charge < -0.3 is 4.74 Å². The van der Waals surface area contributed by atoms with Crippen LogP contribution in [0.5, 0.6) is 5.75 Å². The van der Waals surface area contributed by atoms with Crippen LogP contribution in [0.25, 0.3) is 0 Å². The third kappa shape index (κ3) is 3.64. The Morgan fingerprint density at radius 1 is 1.00 bits per heavy atom. The van der Waals surface area contributed by atoms with Gasteiger partial charge >= 0.3 is 5.97 Å². The van der Waals surface area contributed by atoms with Crippen LogP contribution < -0.4 is 4.74 Å². The SMILES string of the molecule is CC1(C)SC(=Nc2ccccc2OC(=O)Cc2ccccc2)C1(C)C. The number of carbonyl (C=O) groups excluding carboxylic acids is 1. The number of thioether (sulfide) groups is 1. The number of hydrogen-bond donors (Lipinski definition) is 0. The minimum atomic E-state index is -0.278. The van der Waals surface area contributed by atoms with Crippen LogP contribution >= 0.6 is 11.8 Å². The van der Waals surface area contributed by atoms with Gasteiger partial charge in [0.2, 0.25) is 0 Å². The van der Waals surface area contributed by atoms with E-state index in [1.54, 1.807) is 17.8 Å². The average molecular weight is 353 g/mol. The Morgan fingerprint density at radius 3 is 2.28 bits per heavy atom. The highest BCUT2D eigenvalue weighted by Crippen LogP contribution is 2.57. The number of hydrogen-bond acceptors (Lipinski definition) is 4. The number of aliphatic imine (C=N–C) groups is 1. The van der Waals surface area contributed by atoms with Crippen LogP contribution in [0.2, 0.25) is 0 Å². The largest absolute Gasteiger partial charge is 0.424 e. The molecule has 0 unspecified atom stereocenters. The number of para-hydroxylation sites is 2. The summed E-state index contributed by atoms with van der Waals surface area (Å²) in [4.78, 5) is 17.0. The lowest BCUT2D eigenvalue weighted by Crippen LogP contribution is -2.52. The van der Waals surface area contributed by atoms with E-state index in [0.29, 0.717) is 11.4 Å². The molecule has 0 bridgehead atoms. The molecule has 0 aliphatic carbocycles. The Morgan fingerprint density at radius 2 is 1.64 bits per heavy atom. The molecule has 0 amide bonds. The van der Waals surface area contributed by atoms with Gasteiger partial charge in [-0.05, 0) is 31.5 Å². The molecule has 3 nitrogen and oxygen atoms in total. The molecule has 1 aliphatic heterocycles. The molecule has 1 aliphatic rings. The molecule has 0 saturated carbocycles. The van der Waals surface area contributed by atoms with E-state index in [9.17, 15) is 4.79 Å². The molecular weight excluding hydrogens is 330 g/mol. The molecule has 0 N–H and O–H groups in total. The third-order valence-corrected chi connectivity index (χ3v) is 6.71. The first-order valence-electron chi connectivity index (χ1n) is 8.41. The van der Waals surface area contributed by atoms with Crippen LogP contribution in [0.3, 0.4) is 0 Å². The van der Waals surface area contributed by atoms with Gasteiger partial charge in [-0.25, -0.2) is 4.99 Å². The van der Waals surface area contributed by atoms with Gasteiger partial charge in [-0.2, -0.15) is 0 Å². The minimum absolute atomic E-state index is 0.0127. The lowest BCUT2D eigenvalue weighted by atomic mass is 9.79. The summed E-state index contributed by atoms with van der Waals surface area (Å²) in [6, 6.07) is 17.1. The van der Waals surface area contributed by atoms with Gasteiger partial charge in [0.05, 0.1) is 11.5 Å². The molecule has 3 rings (SSSR count). The summed E-state index contributed by atoms with van der Waals surface area (Å²) >= 11 is 1.77. The van der Waals surface area contributed by atoms with Crippen molar-refractivity contribution in [2.75, 3.05) is 0 Å². The van der Waals surface area contributed by atoms with E-state index in [2.05, 4.69) is 27.7 Å². The van der Waals surface area contributed by atoms with E-state index in [1.165, 1.54) is 0 Å². The Labute approximate surface area is 153 Å². The van der Waals surface area contributed by atoms with Crippen molar-refractivity contribution in [1.82, 2.24) is 0 Å². The highest BCUT2D eigenvalue weighted by atomic mass is 32.2. The van der Waals surface area contributed by atoms with Crippen molar-refractivity contribution >= 4 is 28.5 Å². The van der Waals surface area contributed by atoms with Crippen molar-refractivity contribution in [2.45, 2.75) is 38.9 Å². The summed E-state index contributed by atoms with van der Waals surface area (Å²) in [7, 11) is 0. The fourth-order valence-electron chi connectivity index (χ4n) is 2.54. The standard InChI is InChI=1S/C21H23NO2S/c1-20(2)19(25-21(20,3)4)22-16-12-8-9-13-17(16)24-18(23)14-15-10-6-5-7-11-15/h5-13H,14H2,1-4H3. The van der Waals surface area contributed by atoms with Crippen LogP contribution in [-0.4, -0.2) is 15.8 Å². The Kier molecular flexibility index (Phi) is 4.74. The monoisotopic (exact) mass is 353 g/mol. The van der Waals surface area contributed by atoms with Gasteiger partial charge in [-0.1, -0.05) is 56.3 Å². The average Bonchev–Trinajstić information content (AvgIpc) is 2.56. The van der Waals surface area contributed by atoms with Crippen LogP contribution in [0, 0.1) is 5.41 Å². The van der Waals surface area contributed by atoms with Gasteiger partial charge in [0, 0.05) is 10.2 Å². The number of rotatable bonds is 4. The molecule has 0 atom stereocenters. The molecule has 2 aromatic rings. The Balaban J connectivity index is 1.77. The normalized spacial score (nSPS) is 19.3. The summed E-state index contributed by atoms with van der Waals surface area (Å²) in [5.74, 6) is 0.233. The predicted molar refractivity (Wildman–Crippen MR) is 105 cm³/mol. The second kappa shape index (κ2) is 6.68. The van der Waals surface area contributed by atoms with E-state index in [1.807, 2.05) is 48.5 Å². The molecule has 0 spiro atoms. The second-order valence-corrected chi connectivity index (χ2v) is 8.87. The molecule has 1 heterocycles. The first-order chi connectivity index (χ1) is 11.8. The van der Waals surface area contributed by atoms with Crippen LogP contribution in [0.4, 0.5) is 5.69 Å². The molecule has 1 fully saturated rings. The van der Waals surface area contributed by atoms with Gasteiger partial charge in [0.25, 0.3) is 0 Å². The number of benzene rings is 2. The fraction of sp³-hybridized carbons (Fsp3) is 0.333. The Hall–Kier alpha value is -2.07. The van der Waals surface area contributed by atoms with E-state index >= 15 is 0 Å². The zero-order valence-electron chi connectivity index (χ0n) is 15.1. The number of ether oxygens (including phenoxy) is 1. The molecule has 1 saturated heterocycles. The van der Waals surface area contributed by atoms with Gasteiger partial charge in [-0.15, -0.1) is 11.8 Å². The maximum Gasteiger partial charge on any atom is 0.315 e. The topological polar surface area (TPSA) is 38.7 Å². The van der Waals surface area contributed by atoms with Gasteiger partial charge in [0.1, 0.15) is 5.69 Å². The number of esters is 1. The smallest absolute Gasteiger partial charge is 0.315 e. The summed E-state index contributed by atoms with van der Waals surface area (Å²) in [5.41, 5.74) is 1.66. The first kappa shape index (κ1) is 17.7. The van der Waals surface area contributed by atoms with Crippen molar-refractivity contribution in [3.63, 3.8) is 0 Å². The minimum Gasteiger partial charge on any atom is -0.424 e. The van der Waals surface area contributed by atoms with E-state index < -0.39 is 0 Å². The lowest BCUT2D eigenvalue weighted by molar-refractivity contribution is -0.133. The van der Waals surface area contributed by atoms with E-state index in [0.717, 1.165) is 10.6 Å². The van der Waals surface area contributed by atoms with Crippen molar-refractivity contribution in [2.24, 2.45) is 10.4 Å². The van der Waals surface area contributed by atoms with Gasteiger partial charge in [-0.3, -0.25) is 4.79 Å². The Bertz CT molecular complexity index is 810. The second-order valence-electron chi connectivity index (χ2n) is 7.26. The number of nitrogens with zero attached hydrogens (tertiary/aromatic N) is 1. The number of carbonyl (C=O) groups is 1. The highest BCUT2D eigenvalue weighted by Gasteiger charge is 2.52. The van der Waals surface area contributed by atoms with Crippen molar-refractivity contribution < 1.29 is 9.53 Å². The third-order valence-electron chi connectivity index (χ3n) is 4.89. The highest BCUT2D eigenvalue weighted by molar-refractivity contribution is 8.17. The van der Waals surface area contributed by atoms with Crippen LogP contribution in [0.1, 0.15) is 33.3 Å². The zero-order valence-corrected chi connectivity index (χ0v) is 15.9. The van der Waals surface area contributed by atoms with E-state index in [-0.39, 0.29) is 22.6 Å². The maximum atomic E-state index is 12.3. The van der Waals surface area contributed by atoms with Crippen molar-refractivity contribution in [3.05, 3.63) is 60.2 Å². The zero-order chi connectivity index (χ0) is 18.1. The molecule has 25 heavy (non-hydrogen) atoms. The molecule has 0 radical (unpaired) electrons. The molecule has 4 heteroatoms. The molecule has 0 aromatic heterocycles. The maximum absolute atomic E-state index is 12.3. The molecular formula is C21H23NO2S. The van der Waals surface area contributed by atoms with Crippen molar-refractivity contribution in [3.8, 4) is 5.75 Å².